The van der Waals surface area contributed by atoms with E-state index in [1.54, 1.807) is 0 Å². The average molecular weight is 273 g/mol. The van der Waals surface area contributed by atoms with E-state index in [9.17, 15) is 4.79 Å². The number of fused-ring (bicyclic) bond motifs is 1. The van der Waals surface area contributed by atoms with Gasteiger partial charge in [-0.25, -0.2) is 0 Å². The Labute approximate surface area is 118 Å². The maximum absolute atomic E-state index is 12.0. The van der Waals surface area contributed by atoms with Crippen LogP contribution in [0.15, 0.2) is 16.9 Å². The molecule has 0 saturated carbocycles. The number of hydrogen-bond acceptors (Lipinski definition) is 4. The summed E-state index contributed by atoms with van der Waals surface area (Å²) in [7, 11) is 0. The molecule has 0 fully saturated rings. The van der Waals surface area contributed by atoms with Crippen LogP contribution in [0.5, 0.6) is 0 Å². The van der Waals surface area contributed by atoms with Crippen molar-refractivity contribution in [3.63, 3.8) is 0 Å². The highest BCUT2D eigenvalue weighted by atomic mass is 16.5. The summed E-state index contributed by atoms with van der Waals surface area (Å²) < 4.78 is 7.22. The number of hydrogen-bond donors (Lipinski definition) is 0. The first-order chi connectivity index (χ1) is 9.63. The Balaban J connectivity index is 1.81. The molecule has 0 aliphatic heterocycles. The molecule has 0 bridgehead atoms. The van der Waals surface area contributed by atoms with Crippen LogP contribution >= 0.6 is 0 Å². The lowest BCUT2D eigenvalue weighted by Crippen LogP contribution is -1.99. The van der Waals surface area contributed by atoms with Crippen molar-refractivity contribution < 1.29 is 9.32 Å². The van der Waals surface area contributed by atoms with Crippen LogP contribution < -0.4 is 0 Å². The molecule has 20 heavy (non-hydrogen) atoms. The van der Waals surface area contributed by atoms with E-state index in [-0.39, 0.29) is 11.7 Å². The molecule has 5 heteroatoms. The summed E-state index contributed by atoms with van der Waals surface area (Å²) in [6.07, 6.45) is 7.68. The number of aryl methyl sites for hydroxylation is 1. The van der Waals surface area contributed by atoms with Crippen molar-refractivity contribution in [2.24, 2.45) is 0 Å². The SMILES string of the molecule is CC(C)c1noc(Cn2cc3c(c2)C(=O)CCCC3)n1. The van der Waals surface area contributed by atoms with Gasteiger partial charge in [-0.2, -0.15) is 4.98 Å². The third kappa shape index (κ3) is 2.53. The van der Waals surface area contributed by atoms with Gasteiger partial charge in [0.05, 0.1) is 0 Å². The third-order valence-electron chi connectivity index (χ3n) is 3.68. The molecule has 0 saturated heterocycles. The minimum absolute atomic E-state index is 0.254. The van der Waals surface area contributed by atoms with E-state index in [2.05, 4.69) is 10.1 Å². The first kappa shape index (κ1) is 13.1. The first-order valence-corrected chi connectivity index (χ1v) is 7.18. The molecule has 0 atom stereocenters. The predicted molar refractivity (Wildman–Crippen MR) is 73.8 cm³/mol. The highest BCUT2D eigenvalue weighted by Gasteiger charge is 2.18. The number of aromatic nitrogens is 3. The number of carbonyl (C=O) groups is 1. The largest absolute Gasteiger partial charge is 0.344 e. The predicted octanol–water partition coefficient (Wildman–Crippen LogP) is 2.95. The molecule has 0 aromatic carbocycles. The van der Waals surface area contributed by atoms with Gasteiger partial charge in [-0.3, -0.25) is 4.79 Å². The van der Waals surface area contributed by atoms with Gasteiger partial charge >= 0.3 is 0 Å². The van der Waals surface area contributed by atoms with Crippen LogP contribution in [0, 0.1) is 0 Å². The summed E-state index contributed by atoms with van der Waals surface area (Å²) >= 11 is 0. The highest BCUT2D eigenvalue weighted by Crippen LogP contribution is 2.22. The Hall–Kier alpha value is -1.91. The standard InChI is InChI=1S/C15H19N3O2/c1-10(2)15-16-14(20-17-15)9-18-7-11-5-3-4-6-13(19)12(11)8-18/h7-8,10H,3-6,9H2,1-2H3. The normalized spacial score (nSPS) is 15.4. The van der Waals surface area contributed by atoms with Crippen molar-refractivity contribution in [1.29, 1.82) is 0 Å². The summed E-state index contributed by atoms with van der Waals surface area (Å²) in [6.45, 7) is 4.59. The molecule has 0 N–H and O–H groups in total. The van der Waals surface area contributed by atoms with Crippen LogP contribution in [0.1, 0.15) is 66.7 Å². The fraction of sp³-hybridized carbons (Fsp3) is 0.533. The average Bonchev–Trinajstić information content (AvgIpc) is 2.99. The van der Waals surface area contributed by atoms with E-state index in [4.69, 9.17) is 4.52 Å². The van der Waals surface area contributed by atoms with Gasteiger partial charge in [0.25, 0.3) is 0 Å². The molecule has 2 aromatic heterocycles. The molecular weight excluding hydrogens is 254 g/mol. The molecule has 0 spiro atoms. The maximum Gasteiger partial charge on any atom is 0.246 e. The molecule has 106 valence electrons. The summed E-state index contributed by atoms with van der Waals surface area (Å²) in [5.74, 6) is 1.83. The van der Waals surface area contributed by atoms with E-state index in [0.717, 1.165) is 36.2 Å². The number of nitrogens with zero attached hydrogens (tertiary/aromatic N) is 3. The zero-order valence-corrected chi connectivity index (χ0v) is 11.9. The summed E-state index contributed by atoms with van der Waals surface area (Å²) in [6, 6.07) is 0. The molecule has 1 aliphatic carbocycles. The Morgan fingerprint density at radius 3 is 2.85 bits per heavy atom. The second-order valence-electron chi connectivity index (χ2n) is 5.70. The molecule has 0 unspecified atom stereocenters. The van der Waals surface area contributed by atoms with Crippen molar-refractivity contribution in [1.82, 2.24) is 14.7 Å². The number of carbonyl (C=O) groups excluding carboxylic acids is 1. The Bertz CT molecular complexity index is 625. The second-order valence-corrected chi connectivity index (χ2v) is 5.70. The molecule has 2 heterocycles. The summed E-state index contributed by atoms with van der Waals surface area (Å²) in [5.41, 5.74) is 2.02. The van der Waals surface area contributed by atoms with E-state index < -0.39 is 0 Å². The highest BCUT2D eigenvalue weighted by molar-refractivity contribution is 5.97. The van der Waals surface area contributed by atoms with Gasteiger partial charge in [-0.1, -0.05) is 19.0 Å². The molecule has 1 aliphatic rings. The summed E-state index contributed by atoms with van der Waals surface area (Å²) in [5, 5.41) is 3.96. The number of rotatable bonds is 3. The number of Topliss-reactive ketones (excluding diaryl/α,β-unsaturated/α-hetero) is 1. The molecule has 2 aromatic rings. The van der Waals surface area contributed by atoms with E-state index in [1.807, 2.05) is 30.8 Å². The van der Waals surface area contributed by atoms with Crippen LogP contribution in [-0.2, 0) is 13.0 Å². The fourth-order valence-corrected chi connectivity index (χ4v) is 2.56. The van der Waals surface area contributed by atoms with Gasteiger partial charge in [-0.05, 0) is 24.8 Å². The van der Waals surface area contributed by atoms with E-state index in [1.165, 1.54) is 0 Å². The Morgan fingerprint density at radius 1 is 1.30 bits per heavy atom. The van der Waals surface area contributed by atoms with Gasteiger partial charge in [0.15, 0.2) is 11.6 Å². The van der Waals surface area contributed by atoms with Gasteiger partial charge in [-0.15, -0.1) is 0 Å². The van der Waals surface area contributed by atoms with Crippen molar-refractivity contribution in [2.45, 2.75) is 52.0 Å². The molecule has 3 rings (SSSR count). The zero-order valence-electron chi connectivity index (χ0n) is 11.9. The molecular formula is C15H19N3O2. The monoisotopic (exact) mass is 273 g/mol. The Kier molecular flexibility index (Phi) is 3.42. The van der Waals surface area contributed by atoms with Crippen molar-refractivity contribution in [3.05, 3.63) is 35.2 Å². The lowest BCUT2D eigenvalue weighted by molar-refractivity contribution is 0.0982. The van der Waals surface area contributed by atoms with E-state index in [0.29, 0.717) is 18.9 Å². The van der Waals surface area contributed by atoms with E-state index >= 15 is 0 Å². The fourth-order valence-electron chi connectivity index (χ4n) is 2.56. The van der Waals surface area contributed by atoms with Gasteiger partial charge in [0.1, 0.15) is 6.54 Å². The minimum Gasteiger partial charge on any atom is -0.344 e. The van der Waals surface area contributed by atoms with Gasteiger partial charge in [0.2, 0.25) is 5.89 Å². The van der Waals surface area contributed by atoms with Gasteiger partial charge < -0.3 is 9.09 Å². The molecule has 5 nitrogen and oxygen atoms in total. The van der Waals surface area contributed by atoms with Crippen LogP contribution in [0.2, 0.25) is 0 Å². The van der Waals surface area contributed by atoms with Crippen LogP contribution in [-0.4, -0.2) is 20.5 Å². The smallest absolute Gasteiger partial charge is 0.246 e. The van der Waals surface area contributed by atoms with Crippen LogP contribution in [0.4, 0.5) is 0 Å². The van der Waals surface area contributed by atoms with Crippen LogP contribution in [0.3, 0.4) is 0 Å². The quantitative estimate of drug-likeness (QED) is 0.807. The van der Waals surface area contributed by atoms with Crippen LogP contribution in [0.25, 0.3) is 0 Å². The van der Waals surface area contributed by atoms with Gasteiger partial charge in [0, 0.05) is 30.3 Å². The topological polar surface area (TPSA) is 60.9 Å². The van der Waals surface area contributed by atoms with Crippen molar-refractivity contribution in [2.75, 3.05) is 0 Å². The second kappa shape index (κ2) is 5.23. The lowest BCUT2D eigenvalue weighted by atomic mass is 10.1. The first-order valence-electron chi connectivity index (χ1n) is 7.18. The summed E-state index contributed by atoms with van der Waals surface area (Å²) in [4.78, 5) is 16.4. The lowest BCUT2D eigenvalue weighted by Gasteiger charge is -1.98. The third-order valence-corrected chi connectivity index (χ3v) is 3.68. The Morgan fingerprint density at radius 2 is 2.10 bits per heavy atom. The number of ketones is 1. The zero-order chi connectivity index (χ0) is 14.1. The van der Waals surface area contributed by atoms with Crippen molar-refractivity contribution in [3.8, 4) is 0 Å². The maximum atomic E-state index is 12.0. The van der Waals surface area contributed by atoms with Crippen molar-refractivity contribution >= 4 is 5.78 Å². The minimum atomic E-state index is 0.254. The molecule has 0 amide bonds. The molecule has 0 radical (unpaired) electrons.